The second-order valence-electron chi connectivity index (χ2n) is 4.43. The highest BCUT2D eigenvalue weighted by molar-refractivity contribution is 8.06. The molecule has 2 nitrogen and oxygen atoms in total. The molecular weight excluding hydrogens is 308 g/mol. The van der Waals surface area contributed by atoms with Gasteiger partial charge in [-0.3, -0.25) is 0 Å². The average Bonchev–Trinajstić information content (AvgIpc) is 2.59. The molecule has 0 aliphatic carbocycles. The third-order valence-electron chi connectivity index (χ3n) is 2.86. The van der Waals surface area contributed by atoms with Gasteiger partial charge in [-0.2, -0.15) is 10.5 Å². The van der Waals surface area contributed by atoms with Crippen LogP contribution in [-0.4, -0.2) is 0 Å². The molecule has 2 aromatic carbocycles. The zero-order chi connectivity index (χ0) is 15.6. The fourth-order valence-corrected chi connectivity index (χ4v) is 3.60. The smallest absolute Gasteiger partial charge is 0.109 e. The summed E-state index contributed by atoms with van der Waals surface area (Å²) in [5, 5.41) is 18.6. The monoisotopic (exact) mass is 322 g/mol. The normalized spacial score (nSPS) is 11.2. The second kappa shape index (κ2) is 9.00. The molecule has 108 valence electrons. The van der Waals surface area contributed by atoms with E-state index in [2.05, 4.69) is 12.1 Å². The van der Waals surface area contributed by atoms with E-state index in [0.29, 0.717) is 21.3 Å². The van der Waals surface area contributed by atoms with Crippen LogP contribution >= 0.6 is 23.5 Å². The first-order valence-corrected chi connectivity index (χ1v) is 8.68. The van der Waals surface area contributed by atoms with Crippen LogP contribution in [0.2, 0.25) is 0 Å². The maximum absolute atomic E-state index is 9.31. The highest BCUT2D eigenvalue weighted by Crippen LogP contribution is 2.31. The predicted molar refractivity (Wildman–Crippen MR) is 93.7 cm³/mol. The van der Waals surface area contributed by atoms with Crippen molar-refractivity contribution in [1.29, 1.82) is 10.5 Å². The molecule has 4 heteroatoms. The Balaban J connectivity index is 2.02. The minimum absolute atomic E-state index is 0.493. The van der Waals surface area contributed by atoms with E-state index in [0.717, 1.165) is 11.1 Å². The number of allylic oxidation sites excluding steroid dienone is 2. The van der Waals surface area contributed by atoms with Crippen LogP contribution in [0.5, 0.6) is 0 Å². The lowest BCUT2D eigenvalue weighted by Crippen LogP contribution is -1.86. The molecule has 0 bridgehead atoms. The number of benzene rings is 2. The summed E-state index contributed by atoms with van der Waals surface area (Å²) in [5.41, 5.74) is 2.29. The maximum atomic E-state index is 9.31. The summed E-state index contributed by atoms with van der Waals surface area (Å²) in [4.78, 5) is 0.986. The van der Waals surface area contributed by atoms with Crippen molar-refractivity contribution in [3.8, 4) is 12.1 Å². The SMILES string of the molecule is N#CC(SCc1ccccc1)=C(C#N)SCc1ccccc1. The quantitative estimate of drug-likeness (QED) is 0.693. The molecule has 0 aliphatic heterocycles. The lowest BCUT2D eigenvalue weighted by atomic mass is 10.2. The van der Waals surface area contributed by atoms with Gasteiger partial charge in [-0.05, 0) is 11.1 Å². The first-order chi connectivity index (χ1) is 10.8. The van der Waals surface area contributed by atoms with E-state index >= 15 is 0 Å². The number of nitriles is 2. The Hall–Kier alpha value is -2.14. The van der Waals surface area contributed by atoms with Crippen LogP contribution in [0.3, 0.4) is 0 Å². The lowest BCUT2D eigenvalue weighted by molar-refractivity contribution is 1.41. The van der Waals surface area contributed by atoms with E-state index in [1.165, 1.54) is 23.5 Å². The molecule has 0 aliphatic rings. The molecule has 0 N–H and O–H groups in total. The lowest BCUT2D eigenvalue weighted by Gasteiger charge is -2.04. The van der Waals surface area contributed by atoms with Gasteiger partial charge in [0.25, 0.3) is 0 Å². The third-order valence-corrected chi connectivity index (χ3v) is 5.11. The number of hydrogen-bond acceptors (Lipinski definition) is 4. The van der Waals surface area contributed by atoms with Crippen molar-refractivity contribution < 1.29 is 0 Å². The maximum Gasteiger partial charge on any atom is 0.109 e. The van der Waals surface area contributed by atoms with Crippen LogP contribution in [0.4, 0.5) is 0 Å². The molecular formula is C18H14N2S2. The Labute approximate surface area is 139 Å². The zero-order valence-electron chi connectivity index (χ0n) is 11.9. The number of rotatable bonds is 6. The molecule has 0 fully saturated rings. The van der Waals surface area contributed by atoms with Crippen LogP contribution in [0.15, 0.2) is 70.5 Å². The summed E-state index contributed by atoms with van der Waals surface area (Å²) in [6.45, 7) is 0. The van der Waals surface area contributed by atoms with Gasteiger partial charge in [-0.25, -0.2) is 0 Å². The van der Waals surface area contributed by atoms with E-state index in [1.54, 1.807) is 0 Å². The van der Waals surface area contributed by atoms with Crippen LogP contribution < -0.4 is 0 Å². The summed E-state index contributed by atoms with van der Waals surface area (Å²) in [7, 11) is 0. The van der Waals surface area contributed by atoms with Gasteiger partial charge in [0.1, 0.15) is 21.9 Å². The van der Waals surface area contributed by atoms with Gasteiger partial charge in [-0.1, -0.05) is 60.7 Å². The fraction of sp³-hybridized carbons (Fsp3) is 0.111. The zero-order valence-corrected chi connectivity index (χ0v) is 13.5. The molecule has 0 spiro atoms. The van der Waals surface area contributed by atoms with E-state index in [1.807, 2.05) is 60.7 Å². The highest BCUT2D eigenvalue weighted by atomic mass is 32.2. The molecule has 0 saturated carbocycles. The van der Waals surface area contributed by atoms with Crippen molar-refractivity contribution in [2.45, 2.75) is 11.5 Å². The van der Waals surface area contributed by atoms with Gasteiger partial charge < -0.3 is 0 Å². The molecule has 0 heterocycles. The Bertz CT molecular complexity index is 647. The minimum Gasteiger partial charge on any atom is -0.192 e. The van der Waals surface area contributed by atoms with Crippen molar-refractivity contribution in [3.63, 3.8) is 0 Å². The fourth-order valence-electron chi connectivity index (χ4n) is 1.76. The van der Waals surface area contributed by atoms with Crippen molar-refractivity contribution in [1.82, 2.24) is 0 Å². The van der Waals surface area contributed by atoms with E-state index in [-0.39, 0.29) is 0 Å². The van der Waals surface area contributed by atoms with Gasteiger partial charge in [0.05, 0.1) is 0 Å². The van der Waals surface area contributed by atoms with Gasteiger partial charge >= 0.3 is 0 Å². The Morgan fingerprint density at radius 1 is 0.682 bits per heavy atom. The topological polar surface area (TPSA) is 47.6 Å². The highest BCUT2D eigenvalue weighted by Gasteiger charge is 2.09. The number of thioether (sulfide) groups is 2. The predicted octanol–water partition coefficient (Wildman–Crippen LogP) is 5.11. The molecule has 0 atom stereocenters. The first-order valence-electron chi connectivity index (χ1n) is 6.71. The first kappa shape index (κ1) is 16.2. The molecule has 2 aromatic rings. The minimum atomic E-state index is 0.493. The Kier molecular flexibility index (Phi) is 6.64. The molecule has 0 radical (unpaired) electrons. The summed E-state index contributed by atoms with van der Waals surface area (Å²) < 4.78 is 0. The molecule has 2 rings (SSSR count). The van der Waals surface area contributed by atoms with Crippen molar-refractivity contribution in [2.75, 3.05) is 0 Å². The van der Waals surface area contributed by atoms with Crippen LogP contribution in [0, 0.1) is 22.7 Å². The third kappa shape index (κ3) is 5.00. The van der Waals surface area contributed by atoms with E-state index in [9.17, 15) is 10.5 Å². The van der Waals surface area contributed by atoms with Gasteiger partial charge in [-0.15, -0.1) is 23.5 Å². The van der Waals surface area contributed by atoms with Crippen LogP contribution in [0.25, 0.3) is 0 Å². The van der Waals surface area contributed by atoms with Gasteiger partial charge in [0.15, 0.2) is 0 Å². The van der Waals surface area contributed by atoms with E-state index in [4.69, 9.17) is 0 Å². The summed E-state index contributed by atoms with van der Waals surface area (Å²) in [6.07, 6.45) is 0. The summed E-state index contributed by atoms with van der Waals surface area (Å²) in [6, 6.07) is 24.2. The second-order valence-corrected chi connectivity index (χ2v) is 6.40. The largest absolute Gasteiger partial charge is 0.192 e. The van der Waals surface area contributed by atoms with Crippen molar-refractivity contribution >= 4 is 23.5 Å². The summed E-state index contributed by atoms with van der Waals surface area (Å²) >= 11 is 2.84. The molecule has 0 unspecified atom stereocenters. The standard InChI is InChI=1S/C18H14N2S2/c19-11-17(21-13-15-7-3-1-4-8-15)18(12-20)22-14-16-9-5-2-6-10-16/h1-10H,13-14H2. The van der Waals surface area contributed by atoms with Crippen molar-refractivity contribution in [3.05, 3.63) is 81.6 Å². The Morgan fingerprint density at radius 2 is 1.05 bits per heavy atom. The molecule has 0 saturated heterocycles. The summed E-state index contributed by atoms with van der Waals surface area (Å²) in [5.74, 6) is 1.39. The van der Waals surface area contributed by atoms with Gasteiger partial charge in [0.2, 0.25) is 0 Å². The van der Waals surface area contributed by atoms with Crippen LogP contribution in [-0.2, 0) is 11.5 Å². The molecule has 0 amide bonds. The molecule has 22 heavy (non-hydrogen) atoms. The number of hydrogen-bond donors (Lipinski definition) is 0. The average molecular weight is 322 g/mol. The molecule has 0 aromatic heterocycles. The van der Waals surface area contributed by atoms with Crippen LogP contribution in [0.1, 0.15) is 11.1 Å². The van der Waals surface area contributed by atoms with Gasteiger partial charge in [0, 0.05) is 11.5 Å². The number of nitrogens with zero attached hydrogens (tertiary/aromatic N) is 2. The van der Waals surface area contributed by atoms with E-state index < -0.39 is 0 Å². The Morgan fingerprint density at radius 3 is 1.36 bits per heavy atom. The van der Waals surface area contributed by atoms with Crippen molar-refractivity contribution in [2.24, 2.45) is 0 Å².